The van der Waals surface area contributed by atoms with Gasteiger partial charge in [-0.15, -0.1) is 0 Å². The number of pyridine rings is 1. The first kappa shape index (κ1) is 16.4. The molecule has 0 unspecified atom stereocenters. The number of hydrogen-bond donors (Lipinski definition) is 1. The normalized spacial score (nSPS) is 11.4. The summed E-state index contributed by atoms with van der Waals surface area (Å²) in [5, 5.41) is -0.115. The Morgan fingerprint density at radius 2 is 1.96 bits per heavy atom. The van der Waals surface area contributed by atoms with E-state index in [1.165, 1.54) is 6.07 Å². The molecule has 1 N–H and O–H groups in total. The summed E-state index contributed by atoms with van der Waals surface area (Å²) in [5.74, 6) is 0. The van der Waals surface area contributed by atoms with Crippen LogP contribution in [0.3, 0.4) is 0 Å². The first-order chi connectivity index (χ1) is 11.4. The van der Waals surface area contributed by atoms with E-state index in [1.807, 2.05) is 38.1 Å². The fraction of sp³-hybridized carbons (Fsp3) is 0.235. The molecule has 0 fully saturated rings. The van der Waals surface area contributed by atoms with Crippen LogP contribution in [0.4, 0.5) is 8.78 Å². The summed E-state index contributed by atoms with van der Waals surface area (Å²) in [6.45, 7) is 4.17. The van der Waals surface area contributed by atoms with Crippen LogP contribution in [0.1, 0.15) is 24.5 Å². The minimum atomic E-state index is -2.79. The number of nitrogens with zero attached hydrogens (tertiary/aromatic N) is 2. The standard InChI is InChI=1S/C17H15F2N3OS/c1-3-22-15-13(16(23)21-17(22)24)11(14(18)19)8-12(20-15)10-6-4-9(2)5-7-10/h4-8,14H,3H2,1-2H3,(H,21,23,24). The van der Waals surface area contributed by atoms with E-state index in [4.69, 9.17) is 12.2 Å². The summed E-state index contributed by atoms with van der Waals surface area (Å²) in [7, 11) is 0. The maximum Gasteiger partial charge on any atom is 0.264 e. The van der Waals surface area contributed by atoms with E-state index >= 15 is 0 Å². The molecule has 124 valence electrons. The molecule has 0 aliphatic carbocycles. The topological polar surface area (TPSA) is 50.7 Å². The molecular weight excluding hydrogens is 332 g/mol. The van der Waals surface area contributed by atoms with Gasteiger partial charge in [0.25, 0.3) is 12.0 Å². The highest BCUT2D eigenvalue weighted by Crippen LogP contribution is 2.29. The highest BCUT2D eigenvalue weighted by atomic mass is 32.1. The molecule has 0 saturated heterocycles. The molecular formula is C17H15F2N3OS. The van der Waals surface area contributed by atoms with Crippen molar-refractivity contribution in [1.82, 2.24) is 14.5 Å². The van der Waals surface area contributed by atoms with E-state index in [2.05, 4.69) is 9.97 Å². The predicted octanol–water partition coefficient (Wildman–Crippen LogP) is 4.39. The summed E-state index contributed by atoms with van der Waals surface area (Å²) in [6.07, 6.45) is -2.79. The second-order valence-electron chi connectivity index (χ2n) is 5.47. The smallest absolute Gasteiger partial charge is 0.264 e. The van der Waals surface area contributed by atoms with E-state index in [-0.39, 0.29) is 21.4 Å². The maximum atomic E-state index is 13.6. The Balaban J connectivity index is 2.44. The van der Waals surface area contributed by atoms with Crippen LogP contribution in [-0.2, 0) is 6.54 Å². The van der Waals surface area contributed by atoms with Crippen LogP contribution < -0.4 is 5.56 Å². The van der Waals surface area contributed by atoms with Gasteiger partial charge in [0.2, 0.25) is 0 Å². The fourth-order valence-electron chi connectivity index (χ4n) is 2.64. The third kappa shape index (κ3) is 2.75. The number of benzene rings is 1. The number of halogens is 2. The highest BCUT2D eigenvalue weighted by molar-refractivity contribution is 7.71. The van der Waals surface area contributed by atoms with Crippen LogP contribution in [-0.4, -0.2) is 14.5 Å². The van der Waals surface area contributed by atoms with E-state index < -0.39 is 12.0 Å². The second-order valence-corrected chi connectivity index (χ2v) is 5.85. The van der Waals surface area contributed by atoms with Gasteiger partial charge in [-0.05, 0) is 32.1 Å². The number of rotatable bonds is 3. The van der Waals surface area contributed by atoms with Gasteiger partial charge in [-0.2, -0.15) is 0 Å². The molecule has 3 rings (SSSR count). The molecule has 0 aliphatic heterocycles. The number of aromatic amines is 1. The number of fused-ring (bicyclic) bond motifs is 1. The van der Waals surface area contributed by atoms with E-state index in [9.17, 15) is 13.6 Å². The molecule has 2 heterocycles. The lowest BCUT2D eigenvalue weighted by Crippen LogP contribution is -2.17. The van der Waals surface area contributed by atoms with Crippen molar-refractivity contribution in [1.29, 1.82) is 0 Å². The van der Waals surface area contributed by atoms with E-state index in [1.54, 1.807) is 4.57 Å². The molecule has 3 aromatic rings. The van der Waals surface area contributed by atoms with Crippen LogP contribution in [0.15, 0.2) is 35.1 Å². The Morgan fingerprint density at radius 1 is 1.29 bits per heavy atom. The Hall–Kier alpha value is -2.41. The Kier molecular flexibility index (Phi) is 4.28. The zero-order valence-electron chi connectivity index (χ0n) is 13.1. The average molecular weight is 347 g/mol. The van der Waals surface area contributed by atoms with Gasteiger partial charge in [0.05, 0.1) is 11.1 Å². The van der Waals surface area contributed by atoms with Crippen molar-refractivity contribution < 1.29 is 8.78 Å². The van der Waals surface area contributed by atoms with Crippen LogP contribution in [0.5, 0.6) is 0 Å². The van der Waals surface area contributed by atoms with Crippen molar-refractivity contribution in [2.45, 2.75) is 26.8 Å². The van der Waals surface area contributed by atoms with E-state index in [0.717, 1.165) is 5.56 Å². The van der Waals surface area contributed by atoms with E-state index in [0.29, 0.717) is 17.8 Å². The molecule has 7 heteroatoms. The van der Waals surface area contributed by atoms with Gasteiger partial charge in [-0.25, -0.2) is 13.8 Å². The van der Waals surface area contributed by atoms with Crippen molar-refractivity contribution in [3.8, 4) is 11.3 Å². The predicted molar refractivity (Wildman–Crippen MR) is 92.0 cm³/mol. The molecule has 0 bridgehead atoms. The summed E-state index contributed by atoms with van der Waals surface area (Å²) in [6, 6.07) is 8.67. The molecule has 2 aromatic heterocycles. The first-order valence-electron chi connectivity index (χ1n) is 7.45. The third-order valence-corrected chi connectivity index (χ3v) is 4.20. The van der Waals surface area contributed by atoms with Crippen molar-refractivity contribution in [3.63, 3.8) is 0 Å². The maximum absolute atomic E-state index is 13.6. The average Bonchev–Trinajstić information content (AvgIpc) is 2.54. The van der Waals surface area contributed by atoms with Crippen LogP contribution in [0.2, 0.25) is 0 Å². The molecule has 0 atom stereocenters. The second kappa shape index (κ2) is 6.24. The lowest BCUT2D eigenvalue weighted by molar-refractivity contribution is 0.153. The van der Waals surface area contributed by atoms with Crippen molar-refractivity contribution in [3.05, 3.63) is 56.6 Å². The van der Waals surface area contributed by atoms with Gasteiger partial charge >= 0.3 is 0 Å². The zero-order valence-corrected chi connectivity index (χ0v) is 14.0. The number of hydrogen-bond acceptors (Lipinski definition) is 3. The molecule has 4 nitrogen and oxygen atoms in total. The minimum Gasteiger partial charge on any atom is -0.303 e. The Labute approximate surface area is 141 Å². The molecule has 1 aromatic carbocycles. The lowest BCUT2D eigenvalue weighted by atomic mass is 10.1. The van der Waals surface area contributed by atoms with Gasteiger partial charge in [0.15, 0.2) is 4.77 Å². The minimum absolute atomic E-state index is 0.115. The Morgan fingerprint density at radius 3 is 2.54 bits per heavy atom. The monoisotopic (exact) mass is 347 g/mol. The van der Waals surface area contributed by atoms with Crippen LogP contribution in [0.25, 0.3) is 22.3 Å². The first-order valence-corrected chi connectivity index (χ1v) is 7.86. The summed E-state index contributed by atoms with van der Waals surface area (Å²) in [5.41, 5.74) is 1.35. The molecule has 0 amide bonds. The van der Waals surface area contributed by atoms with Gasteiger partial charge in [0.1, 0.15) is 5.65 Å². The van der Waals surface area contributed by atoms with Crippen molar-refractivity contribution in [2.24, 2.45) is 0 Å². The summed E-state index contributed by atoms with van der Waals surface area (Å²) < 4.78 is 28.8. The zero-order chi connectivity index (χ0) is 17.4. The molecule has 24 heavy (non-hydrogen) atoms. The Bertz CT molecular complexity index is 1020. The number of aromatic nitrogens is 3. The summed E-state index contributed by atoms with van der Waals surface area (Å²) >= 11 is 5.13. The van der Waals surface area contributed by atoms with Gasteiger partial charge < -0.3 is 4.57 Å². The van der Waals surface area contributed by atoms with Crippen molar-refractivity contribution >= 4 is 23.3 Å². The third-order valence-electron chi connectivity index (χ3n) is 3.88. The molecule has 0 radical (unpaired) electrons. The lowest BCUT2D eigenvalue weighted by Gasteiger charge is -2.13. The van der Waals surface area contributed by atoms with Crippen LogP contribution in [0, 0.1) is 11.7 Å². The fourth-order valence-corrected chi connectivity index (χ4v) is 2.95. The number of H-pyrrole nitrogens is 1. The van der Waals surface area contributed by atoms with Crippen LogP contribution >= 0.6 is 12.2 Å². The van der Waals surface area contributed by atoms with Gasteiger partial charge in [-0.1, -0.05) is 29.8 Å². The molecule has 0 saturated carbocycles. The van der Waals surface area contributed by atoms with Crippen molar-refractivity contribution in [2.75, 3.05) is 0 Å². The quantitative estimate of drug-likeness (QED) is 0.715. The highest BCUT2D eigenvalue weighted by Gasteiger charge is 2.19. The number of nitrogens with one attached hydrogen (secondary N) is 1. The number of alkyl halides is 2. The summed E-state index contributed by atoms with van der Waals surface area (Å²) in [4.78, 5) is 19.1. The largest absolute Gasteiger partial charge is 0.303 e. The SMILES string of the molecule is CCn1c(=S)[nH]c(=O)c2c(C(F)F)cc(-c3ccc(C)cc3)nc21. The molecule has 0 spiro atoms. The molecule has 0 aliphatic rings. The van der Waals surface area contributed by atoms with Gasteiger partial charge in [-0.3, -0.25) is 9.78 Å². The number of aryl methyl sites for hydroxylation is 2. The van der Waals surface area contributed by atoms with Gasteiger partial charge in [0, 0.05) is 17.7 Å².